The zero-order valence-corrected chi connectivity index (χ0v) is 8.86. The second-order valence-corrected chi connectivity index (χ2v) is 3.26. The Hall–Kier alpha value is -1.32. The Labute approximate surface area is 84.2 Å². The smallest absolute Gasteiger partial charge is 0.328 e. The van der Waals surface area contributed by atoms with Gasteiger partial charge in [-0.15, -0.1) is 0 Å². The van der Waals surface area contributed by atoms with E-state index in [1.807, 2.05) is 13.8 Å². The van der Waals surface area contributed by atoms with Crippen molar-refractivity contribution in [2.75, 3.05) is 7.05 Å². The molecule has 0 spiro atoms. The summed E-state index contributed by atoms with van der Waals surface area (Å²) >= 11 is 0. The summed E-state index contributed by atoms with van der Waals surface area (Å²) in [5.41, 5.74) is 0. The topological polar surface area (TPSA) is 57.6 Å². The average Bonchev–Trinajstić information content (AvgIpc) is 2.13. The molecular weight excluding hydrogens is 182 g/mol. The van der Waals surface area contributed by atoms with Gasteiger partial charge in [0.1, 0.15) is 0 Å². The van der Waals surface area contributed by atoms with E-state index in [-0.39, 0.29) is 11.9 Å². The SMILES string of the molecule is CCCC(C)N(C)C(=O)/C=C/C(=O)O. The molecule has 0 rings (SSSR count). The van der Waals surface area contributed by atoms with Crippen LogP contribution in [0, 0.1) is 0 Å². The number of likely N-dealkylation sites (N-methyl/N-ethyl adjacent to an activating group) is 1. The van der Waals surface area contributed by atoms with Crippen LogP contribution in [0.25, 0.3) is 0 Å². The fourth-order valence-corrected chi connectivity index (χ4v) is 1.09. The highest BCUT2D eigenvalue weighted by atomic mass is 16.4. The zero-order valence-electron chi connectivity index (χ0n) is 8.86. The molecule has 0 heterocycles. The quantitative estimate of drug-likeness (QED) is 0.678. The number of amides is 1. The Kier molecular flexibility index (Phi) is 5.60. The van der Waals surface area contributed by atoms with Gasteiger partial charge in [-0.3, -0.25) is 4.79 Å². The molecule has 1 atom stereocenters. The van der Waals surface area contributed by atoms with Gasteiger partial charge in [0, 0.05) is 25.2 Å². The minimum Gasteiger partial charge on any atom is -0.478 e. The molecule has 0 aromatic heterocycles. The molecule has 0 aliphatic rings. The minimum atomic E-state index is -1.10. The predicted octanol–water partition coefficient (Wildman–Crippen LogP) is 1.27. The van der Waals surface area contributed by atoms with Gasteiger partial charge in [0.15, 0.2) is 0 Å². The maximum Gasteiger partial charge on any atom is 0.328 e. The van der Waals surface area contributed by atoms with Crippen LogP contribution < -0.4 is 0 Å². The van der Waals surface area contributed by atoms with Crippen molar-refractivity contribution in [1.82, 2.24) is 4.90 Å². The molecule has 0 aliphatic heterocycles. The predicted molar refractivity (Wildman–Crippen MR) is 53.9 cm³/mol. The molecule has 1 N–H and O–H groups in total. The van der Waals surface area contributed by atoms with Gasteiger partial charge in [0.2, 0.25) is 5.91 Å². The van der Waals surface area contributed by atoms with Crippen molar-refractivity contribution in [2.24, 2.45) is 0 Å². The summed E-state index contributed by atoms with van der Waals surface area (Å²) in [6.07, 6.45) is 3.86. The van der Waals surface area contributed by atoms with Crippen molar-refractivity contribution in [3.05, 3.63) is 12.2 Å². The van der Waals surface area contributed by atoms with Crippen LogP contribution in [0.4, 0.5) is 0 Å². The summed E-state index contributed by atoms with van der Waals surface area (Å²) in [4.78, 5) is 23.0. The van der Waals surface area contributed by atoms with Gasteiger partial charge in [0.25, 0.3) is 0 Å². The second kappa shape index (κ2) is 6.18. The molecule has 0 aromatic carbocycles. The van der Waals surface area contributed by atoms with Gasteiger partial charge in [-0.25, -0.2) is 4.79 Å². The summed E-state index contributed by atoms with van der Waals surface area (Å²) in [6, 6.07) is 0.144. The summed E-state index contributed by atoms with van der Waals surface area (Å²) < 4.78 is 0. The van der Waals surface area contributed by atoms with Crippen LogP contribution in [0.3, 0.4) is 0 Å². The van der Waals surface area contributed by atoms with Gasteiger partial charge in [0.05, 0.1) is 0 Å². The highest BCUT2D eigenvalue weighted by Gasteiger charge is 2.12. The lowest BCUT2D eigenvalue weighted by atomic mass is 10.2. The first-order valence-corrected chi connectivity index (χ1v) is 4.66. The number of carboxylic acids is 1. The number of rotatable bonds is 5. The van der Waals surface area contributed by atoms with E-state index >= 15 is 0 Å². The molecule has 0 radical (unpaired) electrons. The van der Waals surface area contributed by atoms with Gasteiger partial charge in [-0.2, -0.15) is 0 Å². The summed E-state index contributed by atoms with van der Waals surface area (Å²) in [6.45, 7) is 3.98. The van der Waals surface area contributed by atoms with E-state index in [9.17, 15) is 9.59 Å². The molecule has 4 heteroatoms. The molecule has 80 valence electrons. The van der Waals surface area contributed by atoms with Crippen molar-refractivity contribution in [3.8, 4) is 0 Å². The monoisotopic (exact) mass is 199 g/mol. The summed E-state index contributed by atoms with van der Waals surface area (Å²) in [5.74, 6) is -1.37. The largest absolute Gasteiger partial charge is 0.478 e. The second-order valence-electron chi connectivity index (χ2n) is 3.26. The average molecular weight is 199 g/mol. The Morgan fingerprint density at radius 2 is 2.00 bits per heavy atom. The molecule has 0 bridgehead atoms. The van der Waals surface area contributed by atoms with Gasteiger partial charge in [-0.05, 0) is 13.3 Å². The lowest BCUT2D eigenvalue weighted by Crippen LogP contribution is -2.33. The fourth-order valence-electron chi connectivity index (χ4n) is 1.09. The molecule has 0 aliphatic carbocycles. The van der Waals surface area contributed by atoms with Gasteiger partial charge < -0.3 is 10.0 Å². The third-order valence-corrected chi connectivity index (χ3v) is 2.08. The maximum atomic E-state index is 11.3. The Morgan fingerprint density at radius 1 is 1.43 bits per heavy atom. The first-order chi connectivity index (χ1) is 6.49. The van der Waals surface area contributed by atoms with Crippen molar-refractivity contribution < 1.29 is 14.7 Å². The van der Waals surface area contributed by atoms with Crippen LogP contribution >= 0.6 is 0 Å². The van der Waals surface area contributed by atoms with Crippen LogP contribution in [0.5, 0.6) is 0 Å². The lowest BCUT2D eigenvalue weighted by molar-refractivity contribution is -0.132. The zero-order chi connectivity index (χ0) is 11.1. The standard InChI is InChI=1S/C10H17NO3/c1-4-5-8(2)11(3)9(12)6-7-10(13)14/h6-8H,4-5H2,1-3H3,(H,13,14)/b7-6+. The molecular formula is C10H17NO3. The van der Waals surface area contributed by atoms with Crippen molar-refractivity contribution in [1.29, 1.82) is 0 Å². The van der Waals surface area contributed by atoms with E-state index in [1.54, 1.807) is 11.9 Å². The number of hydrogen-bond acceptors (Lipinski definition) is 2. The van der Waals surface area contributed by atoms with E-state index in [4.69, 9.17) is 5.11 Å². The highest BCUT2D eigenvalue weighted by Crippen LogP contribution is 2.04. The van der Waals surface area contributed by atoms with E-state index in [2.05, 4.69) is 0 Å². The maximum absolute atomic E-state index is 11.3. The number of aliphatic carboxylic acids is 1. The normalized spacial score (nSPS) is 12.8. The minimum absolute atomic E-state index is 0.144. The van der Waals surface area contributed by atoms with E-state index in [1.165, 1.54) is 0 Å². The number of carboxylic acid groups (broad SMARTS) is 1. The first kappa shape index (κ1) is 12.7. The Balaban J connectivity index is 4.17. The van der Waals surface area contributed by atoms with Crippen molar-refractivity contribution in [2.45, 2.75) is 32.7 Å². The molecule has 0 fully saturated rings. The van der Waals surface area contributed by atoms with Gasteiger partial charge in [-0.1, -0.05) is 13.3 Å². The van der Waals surface area contributed by atoms with E-state index in [0.717, 1.165) is 25.0 Å². The van der Waals surface area contributed by atoms with Crippen molar-refractivity contribution >= 4 is 11.9 Å². The van der Waals surface area contributed by atoms with Crippen LogP contribution in [-0.4, -0.2) is 35.0 Å². The first-order valence-electron chi connectivity index (χ1n) is 4.66. The molecule has 0 aromatic rings. The number of carbonyl (C=O) groups excluding carboxylic acids is 1. The Morgan fingerprint density at radius 3 is 2.43 bits per heavy atom. The number of hydrogen-bond donors (Lipinski definition) is 1. The molecule has 4 nitrogen and oxygen atoms in total. The van der Waals surface area contributed by atoms with E-state index < -0.39 is 5.97 Å². The summed E-state index contributed by atoms with van der Waals surface area (Å²) in [5, 5.41) is 8.33. The Bertz CT molecular complexity index is 236. The van der Waals surface area contributed by atoms with Crippen LogP contribution in [0.15, 0.2) is 12.2 Å². The summed E-state index contributed by atoms with van der Waals surface area (Å²) in [7, 11) is 1.68. The molecule has 0 saturated heterocycles. The highest BCUT2D eigenvalue weighted by molar-refractivity contribution is 5.93. The van der Waals surface area contributed by atoms with Gasteiger partial charge >= 0.3 is 5.97 Å². The van der Waals surface area contributed by atoms with Crippen LogP contribution in [0.2, 0.25) is 0 Å². The number of nitrogens with zero attached hydrogens (tertiary/aromatic N) is 1. The molecule has 1 amide bonds. The van der Waals surface area contributed by atoms with Crippen LogP contribution in [-0.2, 0) is 9.59 Å². The fraction of sp³-hybridized carbons (Fsp3) is 0.600. The molecule has 14 heavy (non-hydrogen) atoms. The lowest BCUT2D eigenvalue weighted by Gasteiger charge is -2.22. The van der Waals surface area contributed by atoms with Crippen LogP contribution in [0.1, 0.15) is 26.7 Å². The number of carbonyl (C=O) groups is 2. The molecule has 0 saturated carbocycles. The third-order valence-electron chi connectivity index (χ3n) is 2.08. The third kappa shape index (κ3) is 4.64. The molecule has 1 unspecified atom stereocenters. The van der Waals surface area contributed by atoms with Crippen molar-refractivity contribution in [3.63, 3.8) is 0 Å². The van der Waals surface area contributed by atoms with E-state index in [0.29, 0.717) is 0 Å².